The smallest absolute Gasteiger partial charge is 0.221 e. The fourth-order valence-electron chi connectivity index (χ4n) is 3.80. The SMILES string of the molecule is O=C(CCN1CCCc2ccccc21)NC1CCCCCC1. The van der Waals surface area contributed by atoms with Crippen molar-refractivity contribution in [2.75, 3.05) is 18.0 Å². The number of aryl methyl sites for hydroxylation is 1. The Morgan fingerprint density at radius 1 is 1.09 bits per heavy atom. The van der Waals surface area contributed by atoms with E-state index in [1.54, 1.807) is 0 Å². The van der Waals surface area contributed by atoms with Crippen LogP contribution in [-0.2, 0) is 11.2 Å². The third-order valence-electron chi connectivity index (χ3n) is 5.04. The highest BCUT2D eigenvalue weighted by molar-refractivity contribution is 5.77. The van der Waals surface area contributed by atoms with Gasteiger partial charge in [0.25, 0.3) is 0 Å². The van der Waals surface area contributed by atoms with Gasteiger partial charge < -0.3 is 10.2 Å². The minimum atomic E-state index is 0.231. The van der Waals surface area contributed by atoms with Gasteiger partial charge in [0.15, 0.2) is 0 Å². The highest BCUT2D eigenvalue weighted by Gasteiger charge is 2.18. The number of rotatable bonds is 4. The summed E-state index contributed by atoms with van der Waals surface area (Å²) in [6.07, 6.45) is 10.5. The van der Waals surface area contributed by atoms with E-state index < -0.39 is 0 Å². The molecule has 0 atom stereocenters. The summed E-state index contributed by atoms with van der Waals surface area (Å²) >= 11 is 0. The lowest BCUT2D eigenvalue weighted by Gasteiger charge is -2.31. The number of hydrogen-bond donors (Lipinski definition) is 1. The number of carbonyl (C=O) groups is 1. The third kappa shape index (κ3) is 4.02. The molecule has 3 rings (SSSR count). The molecule has 1 fully saturated rings. The van der Waals surface area contributed by atoms with Gasteiger partial charge in [0.05, 0.1) is 0 Å². The molecule has 0 bridgehead atoms. The molecular weight excluding hydrogens is 272 g/mol. The lowest BCUT2D eigenvalue weighted by molar-refractivity contribution is -0.121. The second-order valence-electron chi connectivity index (χ2n) is 6.73. The van der Waals surface area contributed by atoms with Crippen LogP contribution in [0.1, 0.15) is 56.9 Å². The topological polar surface area (TPSA) is 32.3 Å². The molecule has 1 N–H and O–H groups in total. The summed E-state index contributed by atoms with van der Waals surface area (Å²) in [7, 11) is 0. The molecule has 3 nitrogen and oxygen atoms in total. The van der Waals surface area contributed by atoms with Crippen LogP contribution in [0, 0.1) is 0 Å². The minimum absolute atomic E-state index is 0.231. The number of fused-ring (bicyclic) bond motifs is 1. The Kier molecular flexibility index (Phi) is 5.36. The van der Waals surface area contributed by atoms with E-state index in [0.29, 0.717) is 12.5 Å². The molecular formula is C19H28N2O. The first kappa shape index (κ1) is 15.4. The van der Waals surface area contributed by atoms with E-state index in [1.807, 2.05) is 0 Å². The van der Waals surface area contributed by atoms with Crippen molar-refractivity contribution >= 4 is 11.6 Å². The summed E-state index contributed by atoms with van der Waals surface area (Å²) in [5, 5.41) is 3.26. The van der Waals surface area contributed by atoms with Crippen molar-refractivity contribution in [3.05, 3.63) is 29.8 Å². The number of benzene rings is 1. The number of anilines is 1. The van der Waals surface area contributed by atoms with Crippen LogP contribution in [0.5, 0.6) is 0 Å². The number of para-hydroxylation sites is 1. The van der Waals surface area contributed by atoms with Crippen molar-refractivity contribution in [2.45, 2.75) is 63.8 Å². The Balaban J connectivity index is 1.49. The third-order valence-corrected chi connectivity index (χ3v) is 5.04. The van der Waals surface area contributed by atoms with Crippen molar-refractivity contribution < 1.29 is 4.79 Å². The Morgan fingerprint density at radius 3 is 2.68 bits per heavy atom. The zero-order valence-electron chi connectivity index (χ0n) is 13.5. The first-order chi connectivity index (χ1) is 10.8. The molecule has 1 aliphatic carbocycles. The maximum Gasteiger partial charge on any atom is 0.221 e. The maximum atomic E-state index is 12.2. The van der Waals surface area contributed by atoms with Gasteiger partial charge in [-0.3, -0.25) is 4.79 Å². The minimum Gasteiger partial charge on any atom is -0.371 e. The van der Waals surface area contributed by atoms with E-state index in [-0.39, 0.29) is 5.91 Å². The second kappa shape index (κ2) is 7.66. The number of amides is 1. The first-order valence-corrected chi connectivity index (χ1v) is 8.95. The number of nitrogens with one attached hydrogen (secondary N) is 1. The Bertz CT molecular complexity index is 492. The van der Waals surface area contributed by atoms with E-state index in [2.05, 4.69) is 34.5 Å². The standard InChI is InChI=1S/C19H28N2O/c22-19(20-17-10-3-1-2-4-11-17)13-15-21-14-7-9-16-8-5-6-12-18(16)21/h5-6,8,12,17H,1-4,7,9-11,13-15H2,(H,20,22). The van der Waals surface area contributed by atoms with Crippen molar-refractivity contribution in [1.82, 2.24) is 5.32 Å². The van der Waals surface area contributed by atoms with Crippen LogP contribution in [0.15, 0.2) is 24.3 Å². The largest absolute Gasteiger partial charge is 0.371 e. The van der Waals surface area contributed by atoms with Crippen LogP contribution in [0.25, 0.3) is 0 Å². The molecule has 22 heavy (non-hydrogen) atoms. The second-order valence-corrected chi connectivity index (χ2v) is 6.73. The van der Waals surface area contributed by atoms with Crippen molar-refractivity contribution in [3.8, 4) is 0 Å². The van der Waals surface area contributed by atoms with E-state index in [1.165, 1.54) is 49.8 Å². The predicted octanol–water partition coefficient (Wildman–Crippen LogP) is 3.67. The Hall–Kier alpha value is -1.51. The summed E-state index contributed by atoms with van der Waals surface area (Å²) in [6, 6.07) is 9.04. The molecule has 0 radical (unpaired) electrons. The van der Waals surface area contributed by atoms with Crippen LogP contribution in [0.3, 0.4) is 0 Å². The fourth-order valence-corrected chi connectivity index (χ4v) is 3.80. The van der Waals surface area contributed by atoms with Crippen molar-refractivity contribution in [2.24, 2.45) is 0 Å². The van der Waals surface area contributed by atoms with Gasteiger partial charge in [-0.25, -0.2) is 0 Å². The molecule has 0 spiro atoms. The molecule has 0 saturated heterocycles. The molecule has 1 aromatic carbocycles. The molecule has 0 aromatic heterocycles. The van der Waals surface area contributed by atoms with E-state index in [9.17, 15) is 4.79 Å². The van der Waals surface area contributed by atoms with Crippen LogP contribution in [0.2, 0.25) is 0 Å². The molecule has 0 unspecified atom stereocenters. The fraction of sp³-hybridized carbons (Fsp3) is 0.632. The van der Waals surface area contributed by atoms with Gasteiger partial charge in [-0.15, -0.1) is 0 Å². The van der Waals surface area contributed by atoms with Gasteiger partial charge in [-0.2, -0.15) is 0 Å². The summed E-state index contributed by atoms with van der Waals surface area (Å²) in [5.74, 6) is 0.231. The molecule has 1 saturated carbocycles. The average Bonchev–Trinajstić information content (AvgIpc) is 2.81. The Morgan fingerprint density at radius 2 is 1.86 bits per heavy atom. The van der Waals surface area contributed by atoms with Crippen LogP contribution >= 0.6 is 0 Å². The van der Waals surface area contributed by atoms with E-state index in [0.717, 1.165) is 25.9 Å². The summed E-state index contributed by atoms with van der Waals surface area (Å²) in [6.45, 7) is 1.92. The summed E-state index contributed by atoms with van der Waals surface area (Å²) in [4.78, 5) is 14.6. The highest BCUT2D eigenvalue weighted by atomic mass is 16.1. The highest BCUT2D eigenvalue weighted by Crippen LogP contribution is 2.26. The van der Waals surface area contributed by atoms with Crippen molar-refractivity contribution in [1.29, 1.82) is 0 Å². The lowest BCUT2D eigenvalue weighted by Crippen LogP contribution is -2.38. The van der Waals surface area contributed by atoms with Crippen LogP contribution in [-0.4, -0.2) is 25.0 Å². The average molecular weight is 300 g/mol. The van der Waals surface area contributed by atoms with Crippen LogP contribution < -0.4 is 10.2 Å². The predicted molar refractivity (Wildman–Crippen MR) is 91.2 cm³/mol. The molecule has 1 aliphatic heterocycles. The zero-order valence-corrected chi connectivity index (χ0v) is 13.5. The van der Waals surface area contributed by atoms with Gasteiger partial charge in [0.1, 0.15) is 0 Å². The van der Waals surface area contributed by atoms with Gasteiger partial charge >= 0.3 is 0 Å². The van der Waals surface area contributed by atoms with Gasteiger partial charge in [-0.1, -0.05) is 43.9 Å². The maximum absolute atomic E-state index is 12.2. The molecule has 1 heterocycles. The molecule has 3 heteroatoms. The molecule has 1 aromatic rings. The number of hydrogen-bond acceptors (Lipinski definition) is 2. The van der Waals surface area contributed by atoms with Gasteiger partial charge in [-0.05, 0) is 37.3 Å². The summed E-state index contributed by atoms with van der Waals surface area (Å²) < 4.78 is 0. The first-order valence-electron chi connectivity index (χ1n) is 8.95. The van der Waals surface area contributed by atoms with Gasteiger partial charge in [0, 0.05) is 31.2 Å². The van der Waals surface area contributed by atoms with Crippen molar-refractivity contribution in [3.63, 3.8) is 0 Å². The molecule has 1 amide bonds. The molecule has 120 valence electrons. The number of nitrogens with zero attached hydrogens (tertiary/aromatic N) is 1. The lowest BCUT2D eigenvalue weighted by atomic mass is 10.0. The van der Waals surface area contributed by atoms with Crippen LogP contribution in [0.4, 0.5) is 5.69 Å². The quantitative estimate of drug-likeness (QED) is 0.861. The van der Waals surface area contributed by atoms with Gasteiger partial charge in [0.2, 0.25) is 5.91 Å². The zero-order chi connectivity index (χ0) is 15.2. The monoisotopic (exact) mass is 300 g/mol. The molecule has 2 aliphatic rings. The Labute approximate surface area is 134 Å². The normalized spacial score (nSPS) is 19.4. The van der Waals surface area contributed by atoms with E-state index in [4.69, 9.17) is 0 Å². The van der Waals surface area contributed by atoms with E-state index >= 15 is 0 Å². The number of carbonyl (C=O) groups excluding carboxylic acids is 1. The summed E-state index contributed by atoms with van der Waals surface area (Å²) in [5.41, 5.74) is 2.76.